The number of rotatable bonds is 7. The summed E-state index contributed by atoms with van der Waals surface area (Å²) in [6, 6.07) is 16.5. The third-order valence-electron chi connectivity index (χ3n) is 5.42. The number of nitrogens with zero attached hydrogens (tertiary/aromatic N) is 4. The van der Waals surface area contributed by atoms with Crippen molar-refractivity contribution in [1.82, 2.24) is 14.9 Å². The van der Waals surface area contributed by atoms with Crippen LogP contribution in [0.1, 0.15) is 16.7 Å². The summed E-state index contributed by atoms with van der Waals surface area (Å²) in [6.07, 6.45) is 4.76. The van der Waals surface area contributed by atoms with E-state index >= 15 is 0 Å². The molecular weight excluding hydrogens is 376 g/mol. The van der Waals surface area contributed by atoms with Gasteiger partial charge in [0.05, 0.1) is 14.2 Å². The van der Waals surface area contributed by atoms with Gasteiger partial charge < -0.3 is 14.4 Å². The van der Waals surface area contributed by atoms with Gasteiger partial charge in [-0.05, 0) is 28.8 Å². The lowest BCUT2D eigenvalue weighted by Gasteiger charge is -2.34. The summed E-state index contributed by atoms with van der Waals surface area (Å²) in [5.41, 5.74) is 3.60. The molecule has 0 bridgehead atoms. The smallest absolute Gasteiger partial charge is 0.225 e. The minimum Gasteiger partial charge on any atom is -0.497 e. The largest absolute Gasteiger partial charge is 0.497 e. The Hall–Kier alpha value is -3.12. The lowest BCUT2D eigenvalue weighted by molar-refractivity contribution is 0.248. The highest BCUT2D eigenvalue weighted by atomic mass is 16.5. The Bertz CT molecular complexity index is 917. The molecule has 0 radical (unpaired) electrons. The van der Waals surface area contributed by atoms with Crippen LogP contribution < -0.4 is 14.4 Å². The first-order valence-electron chi connectivity index (χ1n) is 10.3. The molecule has 0 N–H and O–H groups in total. The van der Waals surface area contributed by atoms with Crippen molar-refractivity contribution in [3.63, 3.8) is 0 Å². The maximum Gasteiger partial charge on any atom is 0.225 e. The van der Waals surface area contributed by atoms with E-state index in [9.17, 15) is 0 Å². The molecule has 6 nitrogen and oxygen atoms in total. The van der Waals surface area contributed by atoms with E-state index in [2.05, 4.69) is 56.2 Å². The number of aromatic nitrogens is 2. The molecule has 0 atom stereocenters. The predicted molar refractivity (Wildman–Crippen MR) is 118 cm³/mol. The van der Waals surface area contributed by atoms with Crippen LogP contribution in [-0.4, -0.2) is 55.3 Å². The fraction of sp³-hybridized carbons (Fsp3) is 0.333. The van der Waals surface area contributed by atoms with Crippen LogP contribution in [0.2, 0.25) is 0 Å². The molecule has 3 aromatic rings. The second-order valence-corrected chi connectivity index (χ2v) is 7.54. The van der Waals surface area contributed by atoms with Gasteiger partial charge in [0.1, 0.15) is 11.5 Å². The topological polar surface area (TPSA) is 50.7 Å². The van der Waals surface area contributed by atoms with Crippen LogP contribution in [0.15, 0.2) is 60.9 Å². The number of anilines is 1. The number of methoxy groups -OCH3 is 2. The van der Waals surface area contributed by atoms with Gasteiger partial charge in [0.15, 0.2) is 0 Å². The van der Waals surface area contributed by atoms with E-state index in [1.807, 2.05) is 24.5 Å². The quantitative estimate of drug-likeness (QED) is 0.602. The minimum atomic E-state index is 0.814. The highest BCUT2D eigenvalue weighted by Gasteiger charge is 2.19. The van der Waals surface area contributed by atoms with Crippen LogP contribution in [-0.2, 0) is 13.0 Å². The van der Waals surface area contributed by atoms with Crippen molar-refractivity contribution in [2.75, 3.05) is 45.3 Å². The minimum absolute atomic E-state index is 0.814. The van der Waals surface area contributed by atoms with E-state index < -0.39 is 0 Å². The number of benzene rings is 2. The lowest BCUT2D eigenvalue weighted by atomic mass is 10.1. The van der Waals surface area contributed by atoms with Gasteiger partial charge in [-0.15, -0.1) is 0 Å². The zero-order chi connectivity index (χ0) is 20.8. The summed E-state index contributed by atoms with van der Waals surface area (Å²) in [7, 11) is 3.37. The van der Waals surface area contributed by atoms with Gasteiger partial charge in [0, 0.05) is 57.6 Å². The first kappa shape index (κ1) is 20.2. The fourth-order valence-electron chi connectivity index (χ4n) is 3.76. The van der Waals surface area contributed by atoms with Crippen molar-refractivity contribution in [3.05, 3.63) is 77.6 Å². The average Bonchev–Trinajstić information content (AvgIpc) is 2.80. The standard InChI is InChI=1S/C24H28N4O2/c1-29-22-13-20(14-23(15-22)30-2)18-27-8-10-28(11-9-27)24-25-16-21(17-26-24)12-19-6-4-3-5-7-19/h3-7,13-17H,8-12,18H2,1-2H3. The van der Waals surface area contributed by atoms with Crippen molar-refractivity contribution in [2.24, 2.45) is 0 Å². The van der Waals surface area contributed by atoms with Gasteiger partial charge >= 0.3 is 0 Å². The molecule has 1 fully saturated rings. The molecule has 2 heterocycles. The third kappa shape index (κ3) is 5.07. The van der Waals surface area contributed by atoms with Crippen molar-refractivity contribution in [2.45, 2.75) is 13.0 Å². The first-order valence-corrected chi connectivity index (χ1v) is 10.3. The van der Waals surface area contributed by atoms with Gasteiger partial charge in [-0.25, -0.2) is 9.97 Å². The SMILES string of the molecule is COc1cc(CN2CCN(c3ncc(Cc4ccccc4)cn3)CC2)cc(OC)c1. The zero-order valence-corrected chi connectivity index (χ0v) is 17.6. The third-order valence-corrected chi connectivity index (χ3v) is 5.42. The van der Waals surface area contributed by atoms with Gasteiger partial charge in [-0.1, -0.05) is 30.3 Å². The first-order chi connectivity index (χ1) is 14.7. The van der Waals surface area contributed by atoms with E-state index in [-0.39, 0.29) is 0 Å². The maximum atomic E-state index is 5.39. The van der Waals surface area contributed by atoms with Gasteiger partial charge in [0.25, 0.3) is 0 Å². The Balaban J connectivity index is 1.32. The molecule has 0 aliphatic carbocycles. The highest BCUT2D eigenvalue weighted by Crippen LogP contribution is 2.24. The molecule has 4 rings (SSSR count). The summed E-state index contributed by atoms with van der Waals surface area (Å²) >= 11 is 0. The van der Waals surface area contributed by atoms with E-state index in [0.29, 0.717) is 0 Å². The molecule has 6 heteroatoms. The molecule has 0 saturated carbocycles. The Kier molecular flexibility index (Phi) is 6.44. The van der Waals surface area contributed by atoms with E-state index in [4.69, 9.17) is 9.47 Å². The Morgan fingerprint density at radius 2 is 1.40 bits per heavy atom. The molecule has 0 amide bonds. The Labute approximate surface area is 178 Å². The molecule has 1 aromatic heterocycles. The molecule has 1 aliphatic rings. The van der Waals surface area contributed by atoms with Gasteiger partial charge in [-0.2, -0.15) is 0 Å². The van der Waals surface area contributed by atoms with Crippen LogP contribution in [0.4, 0.5) is 5.95 Å². The van der Waals surface area contributed by atoms with E-state index in [0.717, 1.165) is 62.2 Å². The molecule has 1 aliphatic heterocycles. The molecule has 30 heavy (non-hydrogen) atoms. The van der Waals surface area contributed by atoms with Crippen molar-refractivity contribution < 1.29 is 9.47 Å². The average molecular weight is 405 g/mol. The van der Waals surface area contributed by atoms with E-state index in [1.54, 1.807) is 14.2 Å². The zero-order valence-electron chi connectivity index (χ0n) is 17.6. The van der Waals surface area contributed by atoms with Crippen molar-refractivity contribution in [1.29, 1.82) is 0 Å². The van der Waals surface area contributed by atoms with Crippen LogP contribution in [0.5, 0.6) is 11.5 Å². The fourth-order valence-corrected chi connectivity index (χ4v) is 3.76. The number of ether oxygens (including phenoxy) is 2. The summed E-state index contributed by atoms with van der Waals surface area (Å²) in [4.78, 5) is 13.9. The predicted octanol–water partition coefficient (Wildman–Crippen LogP) is 3.41. The van der Waals surface area contributed by atoms with Crippen LogP contribution >= 0.6 is 0 Å². The summed E-state index contributed by atoms with van der Waals surface area (Å²) in [6.45, 7) is 4.64. The molecule has 0 spiro atoms. The van der Waals surface area contributed by atoms with E-state index in [1.165, 1.54) is 11.1 Å². The molecule has 0 unspecified atom stereocenters. The number of hydrogen-bond acceptors (Lipinski definition) is 6. The number of piperazine rings is 1. The molecular formula is C24H28N4O2. The van der Waals surface area contributed by atoms with Gasteiger partial charge in [0.2, 0.25) is 5.95 Å². The number of hydrogen-bond donors (Lipinski definition) is 0. The summed E-state index contributed by atoms with van der Waals surface area (Å²) in [5.74, 6) is 2.47. The van der Waals surface area contributed by atoms with Crippen molar-refractivity contribution in [3.8, 4) is 11.5 Å². The normalized spacial score (nSPS) is 14.5. The Morgan fingerprint density at radius 3 is 2.00 bits per heavy atom. The Morgan fingerprint density at radius 1 is 0.767 bits per heavy atom. The molecule has 156 valence electrons. The van der Waals surface area contributed by atoms with Crippen molar-refractivity contribution >= 4 is 5.95 Å². The van der Waals surface area contributed by atoms with Crippen LogP contribution in [0.3, 0.4) is 0 Å². The molecule has 2 aromatic carbocycles. The van der Waals surface area contributed by atoms with Crippen LogP contribution in [0.25, 0.3) is 0 Å². The van der Waals surface area contributed by atoms with Gasteiger partial charge in [-0.3, -0.25) is 4.90 Å². The molecule has 1 saturated heterocycles. The summed E-state index contributed by atoms with van der Waals surface area (Å²) < 4.78 is 10.8. The highest BCUT2D eigenvalue weighted by molar-refractivity contribution is 5.38. The maximum absolute atomic E-state index is 5.39. The lowest BCUT2D eigenvalue weighted by Crippen LogP contribution is -2.46. The van der Waals surface area contributed by atoms with Crippen LogP contribution in [0, 0.1) is 0 Å². The second-order valence-electron chi connectivity index (χ2n) is 7.54. The monoisotopic (exact) mass is 404 g/mol. The summed E-state index contributed by atoms with van der Waals surface area (Å²) in [5, 5.41) is 0. The second kappa shape index (κ2) is 9.59.